The molecule has 0 aromatic heterocycles. The second-order valence-corrected chi connectivity index (χ2v) is 0. The molecule has 0 saturated carbocycles. The van der Waals surface area contributed by atoms with Crippen LogP contribution in [0.15, 0.2) is 0 Å². The van der Waals surface area contributed by atoms with Gasteiger partial charge in [0, 0.05) is 0 Å². The summed E-state index contributed by atoms with van der Waals surface area (Å²) in [5.74, 6) is 0. The van der Waals surface area contributed by atoms with Gasteiger partial charge >= 0.3 is 0 Å². The van der Waals surface area contributed by atoms with Gasteiger partial charge in [-0.05, 0) is 0 Å². The van der Waals surface area contributed by atoms with E-state index in [0.29, 0.717) is 0 Å². The van der Waals surface area contributed by atoms with Gasteiger partial charge in [0.15, 0.2) is 0 Å². The minimum atomic E-state index is 4.75. The van der Waals surface area contributed by atoms with Gasteiger partial charge in [-0.15, -0.1) is 0 Å². The Kier molecular flexibility index (Phi) is 89.2. The van der Waals surface area contributed by atoms with E-state index >= 15 is 0 Å². The van der Waals surface area contributed by atoms with Crippen LogP contribution < -0.4 is 0 Å². The smallest absolute Gasteiger partial charge is 0.488 e. The molecule has 0 aliphatic heterocycles. The molecule has 0 heterocycles. The third kappa shape index (κ3) is 8.34. The molecular formula is C4N4-4. The zero-order valence-electron chi connectivity index (χ0n) is 3.79. The van der Waals surface area contributed by atoms with Crippen LogP contribution in [-0.2, 0) is 0 Å². The number of nitrogens with zero attached hydrogens (tertiary/aromatic N) is 4. The molecule has 0 aromatic rings. The van der Waals surface area contributed by atoms with E-state index in [1.807, 2.05) is 0 Å². The molecule has 0 radical (unpaired) electrons. The summed E-state index contributed by atoms with van der Waals surface area (Å²) in [6, 6.07) is 0. The van der Waals surface area contributed by atoms with Crippen LogP contribution in [0.4, 0.5) is 0 Å². The molecule has 0 saturated heterocycles. The lowest BCUT2D eigenvalue weighted by atomic mass is 11.9. The minimum absolute atomic E-state index is 4.75. The van der Waals surface area contributed by atoms with Crippen molar-refractivity contribution in [1.82, 2.24) is 0 Å². The Labute approximate surface area is 48.4 Å². The van der Waals surface area contributed by atoms with E-state index in [1.165, 1.54) is 0 Å². The first-order valence-corrected chi connectivity index (χ1v) is 0.894. The van der Waals surface area contributed by atoms with Crippen LogP contribution >= 0.6 is 0 Å². The average molecular weight is 104 g/mol. The standard InChI is InChI=1S/4CN/c4*1-2/q4*-1. The minimum Gasteiger partial charge on any atom is -0.512 e. The van der Waals surface area contributed by atoms with E-state index in [1.54, 1.807) is 0 Å². The van der Waals surface area contributed by atoms with E-state index in [0.717, 1.165) is 0 Å². The fourth-order valence-corrected chi connectivity index (χ4v) is 0. The van der Waals surface area contributed by atoms with Crippen LogP contribution in [0.25, 0.3) is 0 Å². The Morgan fingerprint density at radius 3 is 0.375 bits per heavy atom. The first-order valence-electron chi connectivity index (χ1n) is 0.894. The lowest BCUT2D eigenvalue weighted by Gasteiger charge is -1.08. The van der Waals surface area contributed by atoms with Gasteiger partial charge in [-0.2, -0.15) is 0 Å². The van der Waals surface area contributed by atoms with Crippen LogP contribution in [-0.4, -0.2) is 0 Å². The Hall–Kier alpha value is -2.04. The molecule has 0 spiro atoms. The Bertz CT molecular complexity index is 51.0. The molecule has 0 rings (SSSR count). The summed E-state index contributed by atoms with van der Waals surface area (Å²) in [6.07, 6.45) is 0. The van der Waals surface area contributed by atoms with Crippen LogP contribution in [0, 0.1) is 47.3 Å². The Morgan fingerprint density at radius 2 is 0.375 bits per heavy atom. The van der Waals surface area contributed by atoms with Crippen LogP contribution in [0.3, 0.4) is 0 Å². The molecule has 0 fully saturated rings. The predicted molar refractivity (Wildman–Crippen MR) is 19.9 cm³/mol. The SMILES string of the molecule is [C-]#N.[C-]#N.[C-]#N.[C-]#N. The summed E-state index contributed by atoms with van der Waals surface area (Å²) in [4.78, 5) is 0. The molecule has 0 atom stereocenters. The Balaban J connectivity index is -0.0000000133. The lowest BCUT2D eigenvalue weighted by Crippen LogP contribution is -0.530. The van der Waals surface area contributed by atoms with Crippen molar-refractivity contribution in [2.45, 2.75) is 0 Å². The van der Waals surface area contributed by atoms with Crippen molar-refractivity contribution in [2.75, 3.05) is 0 Å². The highest BCUT2D eigenvalue weighted by atomic mass is 14.2. The van der Waals surface area contributed by atoms with Gasteiger partial charge in [-0.1, -0.05) is 0 Å². The normalized spacial score (nSPS) is 1.00. The van der Waals surface area contributed by atoms with Gasteiger partial charge in [0.1, 0.15) is 0 Å². The molecule has 0 aliphatic rings. The Morgan fingerprint density at radius 1 is 0.375 bits per heavy atom. The third-order valence-electron chi connectivity index (χ3n) is 0. The fraction of sp³-hybridized carbons (Fsp3) is 0. The summed E-state index contributed by atoms with van der Waals surface area (Å²) in [6.45, 7) is 19.0. The highest BCUT2D eigenvalue weighted by Gasteiger charge is 0.0835. The van der Waals surface area contributed by atoms with Gasteiger partial charge in [-0.3, -0.25) is 0 Å². The van der Waals surface area contributed by atoms with Gasteiger partial charge in [0.05, 0.1) is 0 Å². The number of rotatable bonds is 0. The zero-order valence-corrected chi connectivity index (χ0v) is 3.79. The summed E-state index contributed by atoms with van der Waals surface area (Å²) < 4.78 is 0. The molecule has 40 valence electrons. The van der Waals surface area contributed by atoms with E-state index in [-0.39, 0.29) is 0 Å². The second kappa shape index (κ2) is 18.7. The molecule has 8 heavy (non-hydrogen) atoms. The lowest BCUT2D eigenvalue weighted by molar-refractivity contribution is 1.53. The van der Waals surface area contributed by atoms with Gasteiger partial charge < -0.3 is 47.3 Å². The van der Waals surface area contributed by atoms with Crippen molar-refractivity contribution in [3.05, 3.63) is 26.3 Å². The van der Waals surface area contributed by atoms with E-state index in [4.69, 9.17) is 47.3 Å². The highest BCUT2D eigenvalue weighted by Crippen LogP contribution is 0.632. The molecular weight excluding hydrogens is 104 g/mol. The first kappa shape index (κ1) is 38.2. The highest BCUT2D eigenvalue weighted by molar-refractivity contribution is 3.44. The van der Waals surface area contributed by atoms with E-state index < -0.39 is 0 Å². The number of hydrogen-bond donors (Lipinski definition) is 0. The van der Waals surface area contributed by atoms with Crippen molar-refractivity contribution in [2.24, 2.45) is 0 Å². The maximum absolute atomic E-state index is 6.25. The molecule has 0 aromatic carbocycles. The van der Waals surface area contributed by atoms with Crippen LogP contribution in [0.5, 0.6) is 0 Å². The van der Waals surface area contributed by atoms with Crippen molar-refractivity contribution in [1.29, 1.82) is 21.0 Å². The molecule has 4 nitrogen and oxygen atoms in total. The molecule has 0 N–H and O–H groups in total. The second-order valence-electron chi connectivity index (χ2n) is 0. The monoisotopic (exact) mass is 104 g/mol. The zero-order chi connectivity index (χ0) is 8.00. The van der Waals surface area contributed by atoms with Gasteiger partial charge in [-0.25, -0.2) is 0 Å². The van der Waals surface area contributed by atoms with Crippen LogP contribution in [0.2, 0.25) is 0 Å². The molecule has 0 amide bonds. The van der Waals surface area contributed by atoms with Crippen molar-refractivity contribution >= 4 is 0 Å². The molecule has 0 unspecified atom stereocenters. The van der Waals surface area contributed by atoms with Crippen molar-refractivity contribution in [3.8, 4) is 0 Å². The van der Waals surface area contributed by atoms with Crippen molar-refractivity contribution < 1.29 is 0 Å². The topological polar surface area (TPSA) is 95.2 Å². The third-order valence-corrected chi connectivity index (χ3v) is 0. The quantitative estimate of drug-likeness (QED) is 0.415. The van der Waals surface area contributed by atoms with Crippen LogP contribution in [0.1, 0.15) is 0 Å². The van der Waals surface area contributed by atoms with Gasteiger partial charge in [0.2, 0.25) is 0 Å². The fourth-order valence-electron chi connectivity index (χ4n) is 0. The van der Waals surface area contributed by atoms with Crippen molar-refractivity contribution in [3.63, 3.8) is 0 Å². The largest absolute Gasteiger partial charge is 0.512 e. The summed E-state index contributed by atoms with van der Waals surface area (Å²) in [7, 11) is 0. The summed E-state index contributed by atoms with van der Waals surface area (Å²) in [5.41, 5.74) is 0. The summed E-state index contributed by atoms with van der Waals surface area (Å²) in [5, 5.41) is 25.0. The van der Waals surface area contributed by atoms with Gasteiger partial charge in [0.25, 0.3) is 0 Å². The molecule has 0 aliphatic carbocycles. The number of hydrogen-bond acceptors (Lipinski definition) is 4. The molecule has 4 heteroatoms. The predicted octanol–water partition coefficient (Wildman–Crippen LogP) is 0.385. The molecule has 0 bridgehead atoms. The average Bonchev–Trinajstić information content (AvgIpc) is 2.03. The first-order chi connectivity index (χ1) is 4.00. The maximum atomic E-state index is 6.25. The maximum Gasteiger partial charge on any atom is -0.488 e. The van der Waals surface area contributed by atoms with E-state index in [9.17, 15) is 0 Å². The summed E-state index contributed by atoms with van der Waals surface area (Å²) >= 11 is 0. The van der Waals surface area contributed by atoms with E-state index in [2.05, 4.69) is 0 Å².